The van der Waals surface area contributed by atoms with Crippen LogP contribution in [0.1, 0.15) is 19.8 Å². The molecule has 16 heavy (non-hydrogen) atoms. The molecule has 1 fully saturated rings. The number of aliphatic imine (C=N–C) groups is 1. The van der Waals surface area contributed by atoms with Gasteiger partial charge in [-0.2, -0.15) is 4.91 Å². The Morgan fingerprint density at radius 2 is 2.06 bits per heavy atom. The average Bonchev–Trinajstić information content (AvgIpc) is 2.27. The molecule has 0 bridgehead atoms. The smallest absolute Gasteiger partial charge is 0.0944 e. The predicted octanol–water partition coefficient (Wildman–Crippen LogP) is 2.38. The zero-order valence-corrected chi connectivity index (χ0v) is 9.85. The van der Waals surface area contributed by atoms with Crippen LogP contribution in [0.15, 0.2) is 34.6 Å². The number of rotatable bonds is 5. The number of hydrogen-bond donors (Lipinski definition) is 0. The van der Waals surface area contributed by atoms with Crippen LogP contribution in [-0.4, -0.2) is 36.8 Å². The fourth-order valence-corrected chi connectivity index (χ4v) is 1.71. The minimum absolute atomic E-state index is 0.00796. The second-order valence-electron chi connectivity index (χ2n) is 4.26. The zero-order chi connectivity index (χ0) is 12.0. The van der Waals surface area contributed by atoms with Gasteiger partial charge in [0.05, 0.1) is 6.04 Å². The van der Waals surface area contributed by atoms with Crippen LogP contribution in [0.25, 0.3) is 0 Å². The van der Waals surface area contributed by atoms with Crippen LogP contribution in [0.4, 0.5) is 0 Å². The Labute approximate surface area is 96.7 Å². The first-order valence-corrected chi connectivity index (χ1v) is 5.54. The summed E-state index contributed by atoms with van der Waals surface area (Å²) in [6.45, 7) is 12.1. The van der Waals surface area contributed by atoms with Crippen LogP contribution in [0, 0.1) is 4.91 Å². The molecule has 0 saturated carbocycles. The fraction of sp³-hybridized carbons (Fsp3) is 0.583. The van der Waals surface area contributed by atoms with E-state index >= 15 is 0 Å². The van der Waals surface area contributed by atoms with Crippen LogP contribution >= 0.6 is 0 Å². The molecule has 4 heteroatoms. The lowest BCUT2D eigenvalue weighted by atomic mass is 10.1. The molecule has 1 rings (SSSR count). The van der Waals surface area contributed by atoms with Gasteiger partial charge in [-0.05, 0) is 25.3 Å². The molecule has 0 radical (unpaired) electrons. The van der Waals surface area contributed by atoms with Crippen molar-refractivity contribution in [3.63, 3.8) is 0 Å². The van der Waals surface area contributed by atoms with Crippen LogP contribution in [-0.2, 0) is 0 Å². The van der Waals surface area contributed by atoms with Crippen molar-refractivity contribution in [2.75, 3.05) is 19.6 Å². The molecular weight excluding hydrogens is 202 g/mol. The first kappa shape index (κ1) is 12.8. The van der Waals surface area contributed by atoms with Crippen molar-refractivity contribution in [1.82, 2.24) is 4.90 Å². The summed E-state index contributed by atoms with van der Waals surface area (Å²) >= 11 is 0. The molecule has 0 aromatic rings. The van der Waals surface area contributed by atoms with Gasteiger partial charge in [0.1, 0.15) is 0 Å². The molecule has 0 N–H and O–H groups in total. The lowest BCUT2D eigenvalue weighted by Crippen LogP contribution is -2.36. The lowest BCUT2D eigenvalue weighted by molar-refractivity contribution is 0.232. The topological polar surface area (TPSA) is 45.0 Å². The Morgan fingerprint density at radius 3 is 2.56 bits per heavy atom. The van der Waals surface area contributed by atoms with E-state index in [-0.39, 0.29) is 6.04 Å². The van der Waals surface area contributed by atoms with Crippen molar-refractivity contribution in [2.24, 2.45) is 10.2 Å². The highest BCUT2D eigenvalue weighted by Gasteiger charge is 2.19. The number of nitroso groups, excluding NO2 is 1. The van der Waals surface area contributed by atoms with Gasteiger partial charge in [-0.15, -0.1) is 0 Å². The molecule has 0 aromatic heterocycles. The molecule has 1 aliphatic rings. The largest absolute Gasteiger partial charge is 0.299 e. The fourth-order valence-electron chi connectivity index (χ4n) is 1.71. The Hall–Kier alpha value is -1.29. The summed E-state index contributed by atoms with van der Waals surface area (Å²) in [6.07, 6.45) is 3.47. The van der Waals surface area contributed by atoms with Gasteiger partial charge in [-0.3, -0.25) is 9.89 Å². The van der Waals surface area contributed by atoms with Crippen LogP contribution in [0.3, 0.4) is 0 Å². The van der Waals surface area contributed by atoms with Crippen molar-refractivity contribution in [3.05, 3.63) is 29.3 Å². The maximum Gasteiger partial charge on any atom is 0.0944 e. The van der Waals surface area contributed by atoms with E-state index in [4.69, 9.17) is 0 Å². The van der Waals surface area contributed by atoms with E-state index in [1.165, 1.54) is 0 Å². The summed E-state index contributed by atoms with van der Waals surface area (Å²) in [5.41, 5.74) is 1.76. The van der Waals surface area contributed by atoms with Crippen molar-refractivity contribution < 1.29 is 0 Å². The highest BCUT2D eigenvalue weighted by molar-refractivity contribution is 5.78. The van der Waals surface area contributed by atoms with Crippen LogP contribution in [0.5, 0.6) is 0 Å². The van der Waals surface area contributed by atoms with E-state index < -0.39 is 0 Å². The second kappa shape index (κ2) is 6.33. The van der Waals surface area contributed by atoms with Gasteiger partial charge < -0.3 is 0 Å². The van der Waals surface area contributed by atoms with Gasteiger partial charge >= 0.3 is 0 Å². The Bertz CT molecular complexity index is 301. The van der Waals surface area contributed by atoms with Crippen LogP contribution < -0.4 is 0 Å². The molecule has 0 spiro atoms. The summed E-state index contributed by atoms with van der Waals surface area (Å²) in [4.78, 5) is 16.7. The lowest BCUT2D eigenvalue weighted by Gasteiger charge is -2.28. The molecule has 1 heterocycles. The van der Waals surface area contributed by atoms with Crippen molar-refractivity contribution in [2.45, 2.75) is 25.8 Å². The van der Waals surface area contributed by atoms with E-state index in [2.05, 4.69) is 28.2 Å². The molecule has 4 nitrogen and oxygen atoms in total. The molecule has 0 amide bonds. The highest BCUT2D eigenvalue weighted by atomic mass is 16.3. The van der Waals surface area contributed by atoms with E-state index in [9.17, 15) is 4.91 Å². The third-order valence-electron chi connectivity index (χ3n) is 2.60. The first-order valence-electron chi connectivity index (χ1n) is 5.54. The first-order chi connectivity index (χ1) is 7.61. The van der Waals surface area contributed by atoms with Gasteiger partial charge in [-0.1, -0.05) is 18.3 Å². The molecule has 1 aliphatic heterocycles. The summed E-state index contributed by atoms with van der Waals surface area (Å²) in [5.74, 6) is 0. The third kappa shape index (κ3) is 4.49. The molecule has 0 atom stereocenters. The van der Waals surface area contributed by atoms with E-state index in [1.54, 1.807) is 6.21 Å². The maximum absolute atomic E-state index is 10.3. The summed E-state index contributed by atoms with van der Waals surface area (Å²) < 4.78 is 0. The minimum atomic E-state index is 0.00796. The second-order valence-corrected chi connectivity index (χ2v) is 4.26. The number of hydrogen-bond acceptors (Lipinski definition) is 4. The van der Waals surface area contributed by atoms with Gasteiger partial charge in [-0.25, -0.2) is 0 Å². The van der Waals surface area contributed by atoms with Crippen LogP contribution in [0.2, 0.25) is 0 Å². The number of piperidine rings is 1. The van der Waals surface area contributed by atoms with Gasteiger partial charge in [0.15, 0.2) is 0 Å². The molecular formula is C12H19N3O. The van der Waals surface area contributed by atoms with E-state index in [1.807, 2.05) is 6.92 Å². The van der Waals surface area contributed by atoms with Crippen molar-refractivity contribution in [1.29, 1.82) is 0 Å². The number of allylic oxidation sites excluding steroid dienone is 1. The Morgan fingerprint density at radius 1 is 1.44 bits per heavy atom. The third-order valence-corrected chi connectivity index (χ3v) is 2.60. The average molecular weight is 221 g/mol. The zero-order valence-electron chi connectivity index (χ0n) is 9.85. The van der Waals surface area contributed by atoms with Crippen molar-refractivity contribution in [3.8, 4) is 0 Å². The highest BCUT2D eigenvalue weighted by Crippen LogP contribution is 2.13. The van der Waals surface area contributed by atoms with Gasteiger partial charge in [0, 0.05) is 31.5 Å². The SMILES string of the molecule is C=C(C=NC(=C)C)CN1CCC(N=O)CC1. The van der Waals surface area contributed by atoms with E-state index in [0.717, 1.165) is 43.7 Å². The monoisotopic (exact) mass is 221 g/mol. The van der Waals surface area contributed by atoms with Crippen molar-refractivity contribution >= 4 is 6.21 Å². The molecule has 88 valence electrons. The van der Waals surface area contributed by atoms with Gasteiger partial charge in [0.25, 0.3) is 0 Å². The standard InChI is InChI=1S/C12H19N3O/c1-10(2)13-8-11(3)9-15-6-4-12(14-16)5-7-15/h8,12H,1,3-7,9H2,2H3. The summed E-state index contributed by atoms with van der Waals surface area (Å²) in [6, 6.07) is 0.00796. The van der Waals surface area contributed by atoms with E-state index in [0.29, 0.717) is 0 Å². The minimum Gasteiger partial charge on any atom is -0.299 e. The molecule has 1 saturated heterocycles. The summed E-state index contributed by atoms with van der Waals surface area (Å²) in [7, 11) is 0. The Kier molecular flexibility index (Phi) is 5.05. The Balaban J connectivity index is 2.31. The molecule has 0 aliphatic carbocycles. The number of nitrogens with zero attached hydrogens (tertiary/aromatic N) is 3. The predicted molar refractivity (Wildman–Crippen MR) is 67.7 cm³/mol. The molecule has 0 aromatic carbocycles. The quantitative estimate of drug-likeness (QED) is 0.528. The number of likely N-dealkylation sites (tertiary alicyclic amines) is 1. The molecule has 0 unspecified atom stereocenters. The maximum atomic E-state index is 10.3. The van der Waals surface area contributed by atoms with Gasteiger partial charge in [0.2, 0.25) is 0 Å². The summed E-state index contributed by atoms with van der Waals surface area (Å²) in [5, 5.41) is 3.08. The normalized spacial score (nSPS) is 18.8.